The van der Waals surface area contributed by atoms with E-state index in [1.807, 2.05) is 0 Å². The second-order valence-corrected chi connectivity index (χ2v) is 5.40. The van der Waals surface area contributed by atoms with Crippen LogP contribution < -0.4 is 0 Å². The molecule has 86 valence electrons. The first kappa shape index (κ1) is 12.8. The minimum Gasteiger partial charge on any atom is -0.236 e. The number of halogens is 3. The third-order valence-corrected chi connectivity index (χ3v) is 3.29. The molecule has 0 spiro atoms. The number of hydrogen-bond acceptors (Lipinski definition) is 4. The molecule has 0 unspecified atom stereocenters. The molecule has 0 aliphatic heterocycles. The SMILES string of the molecule is Cc1c(S(=O)(=O)Cl)cc(C#N)nc1C(F)F. The first-order valence-electron chi connectivity index (χ1n) is 3.92. The third-order valence-electron chi connectivity index (χ3n) is 1.85. The largest absolute Gasteiger partial charge is 0.280 e. The van der Waals surface area contributed by atoms with Crippen LogP contribution >= 0.6 is 10.7 Å². The van der Waals surface area contributed by atoms with Gasteiger partial charge in [0.1, 0.15) is 17.5 Å². The van der Waals surface area contributed by atoms with Gasteiger partial charge >= 0.3 is 0 Å². The summed E-state index contributed by atoms with van der Waals surface area (Å²) in [6.07, 6.45) is -2.97. The topological polar surface area (TPSA) is 70.8 Å². The van der Waals surface area contributed by atoms with Crippen LogP contribution in [-0.4, -0.2) is 13.4 Å². The van der Waals surface area contributed by atoms with Crippen molar-refractivity contribution in [1.29, 1.82) is 5.26 Å². The van der Waals surface area contributed by atoms with Gasteiger partial charge < -0.3 is 0 Å². The van der Waals surface area contributed by atoms with Crippen molar-refractivity contribution in [3.8, 4) is 6.07 Å². The minimum atomic E-state index is -4.17. The van der Waals surface area contributed by atoms with Crippen molar-refractivity contribution in [2.45, 2.75) is 18.2 Å². The van der Waals surface area contributed by atoms with E-state index < -0.39 is 31.8 Å². The fourth-order valence-electron chi connectivity index (χ4n) is 1.13. The van der Waals surface area contributed by atoms with Gasteiger partial charge in [-0.1, -0.05) is 0 Å². The fourth-order valence-corrected chi connectivity index (χ4v) is 2.33. The minimum absolute atomic E-state index is 0.246. The van der Waals surface area contributed by atoms with E-state index in [4.69, 9.17) is 15.9 Å². The molecule has 0 radical (unpaired) electrons. The molecule has 0 aliphatic carbocycles. The van der Waals surface area contributed by atoms with E-state index in [2.05, 4.69) is 4.98 Å². The van der Waals surface area contributed by atoms with Crippen molar-refractivity contribution < 1.29 is 17.2 Å². The number of alkyl halides is 2. The average molecular weight is 267 g/mol. The molecule has 0 N–H and O–H groups in total. The van der Waals surface area contributed by atoms with Crippen LogP contribution in [0.1, 0.15) is 23.4 Å². The summed E-state index contributed by atoms with van der Waals surface area (Å²) >= 11 is 0. The first-order chi connectivity index (χ1) is 7.27. The molecule has 0 atom stereocenters. The maximum Gasteiger partial charge on any atom is 0.280 e. The standard InChI is InChI=1S/C8H5ClF2N2O2S/c1-4-6(16(9,14)15)2-5(3-12)13-7(4)8(10)11/h2,8H,1H3. The lowest BCUT2D eigenvalue weighted by Crippen LogP contribution is -2.04. The number of pyridine rings is 1. The molecule has 0 saturated heterocycles. The Hall–Kier alpha value is -1.26. The van der Waals surface area contributed by atoms with Gasteiger partial charge in [-0.15, -0.1) is 0 Å². The summed E-state index contributed by atoms with van der Waals surface area (Å²) in [5.74, 6) is 0. The smallest absolute Gasteiger partial charge is 0.236 e. The Morgan fingerprint density at radius 2 is 2.12 bits per heavy atom. The molecule has 0 bridgehead atoms. The Bertz CT molecular complexity index is 566. The van der Waals surface area contributed by atoms with Gasteiger partial charge in [0.25, 0.3) is 15.5 Å². The molecule has 8 heteroatoms. The van der Waals surface area contributed by atoms with Crippen LogP contribution in [0.3, 0.4) is 0 Å². The van der Waals surface area contributed by atoms with Gasteiger partial charge in [-0.2, -0.15) is 5.26 Å². The zero-order valence-electron chi connectivity index (χ0n) is 7.91. The Balaban J connectivity index is 3.65. The first-order valence-corrected chi connectivity index (χ1v) is 6.22. The lowest BCUT2D eigenvalue weighted by atomic mass is 10.2. The monoisotopic (exact) mass is 266 g/mol. The van der Waals surface area contributed by atoms with Gasteiger partial charge in [-0.3, -0.25) is 0 Å². The van der Waals surface area contributed by atoms with Crippen molar-refractivity contribution in [3.05, 3.63) is 23.0 Å². The van der Waals surface area contributed by atoms with Gasteiger partial charge in [0.2, 0.25) is 0 Å². The lowest BCUT2D eigenvalue weighted by Gasteiger charge is -2.07. The second-order valence-electron chi connectivity index (χ2n) is 2.87. The van der Waals surface area contributed by atoms with Gasteiger partial charge in [0.15, 0.2) is 0 Å². The molecule has 4 nitrogen and oxygen atoms in total. The van der Waals surface area contributed by atoms with Crippen molar-refractivity contribution >= 4 is 19.7 Å². The normalized spacial score (nSPS) is 11.5. The highest BCUT2D eigenvalue weighted by molar-refractivity contribution is 8.13. The van der Waals surface area contributed by atoms with Crippen LogP contribution in [0.15, 0.2) is 11.0 Å². The summed E-state index contributed by atoms with van der Waals surface area (Å²) in [7, 11) is 0.885. The van der Waals surface area contributed by atoms with E-state index in [9.17, 15) is 17.2 Å². The Labute approximate surface area is 94.9 Å². The molecule has 16 heavy (non-hydrogen) atoms. The summed E-state index contributed by atoms with van der Waals surface area (Å²) < 4.78 is 47.2. The third kappa shape index (κ3) is 2.46. The predicted molar refractivity (Wildman–Crippen MR) is 51.7 cm³/mol. The molecule has 1 rings (SSSR count). The van der Waals surface area contributed by atoms with E-state index in [0.717, 1.165) is 13.0 Å². The summed E-state index contributed by atoms with van der Waals surface area (Å²) in [5, 5.41) is 8.53. The van der Waals surface area contributed by atoms with E-state index in [0.29, 0.717) is 0 Å². The van der Waals surface area contributed by atoms with Crippen LogP contribution in [0.4, 0.5) is 8.78 Å². The number of rotatable bonds is 2. The Morgan fingerprint density at radius 3 is 2.50 bits per heavy atom. The van der Waals surface area contributed by atoms with Gasteiger partial charge in [-0.05, 0) is 18.6 Å². The van der Waals surface area contributed by atoms with E-state index in [1.165, 1.54) is 6.07 Å². The molecule has 0 amide bonds. The Kier molecular flexibility index (Phi) is 3.45. The molecular formula is C8H5ClF2N2O2S. The Morgan fingerprint density at radius 1 is 1.56 bits per heavy atom. The van der Waals surface area contributed by atoms with Crippen molar-refractivity contribution in [1.82, 2.24) is 4.98 Å². The average Bonchev–Trinajstić information content (AvgIpc) is 2.15. The summed E-state index contributed by atoms with van der Waals surface area (Å²) in [4.78, 5) is 2.81. The van der Waals surface area contributed by atoms with Crippen LogP contribution in [0.2, 0.25) is 0 Å². The zero-order chi connectivity index (χ0) is 12.5. The van der Waals surface area contributed by atoms with Crippen molar-refractivity contribution in [2.24, 2.45) is 0 Å². The van der Waals surface area contributed by atoms with Crippen LogP contribution in [0.25, 0.3) is 0 Å². The quantitative estimate of drug-likeness (QED) is 0.769. The highest BCUT2D eigenvalue weighted by Crippen LogP contribution is 2.28. The molecule has 0 saturated carbocycles. The maximum absolute atomic E-state index is 12.5. The molecule has 1 heterocycles. The van der Waals surface area contributed by atoms with Gasteiger partial charge in [0.05, 0.1) is 4.90 Å². The fraction of sp³-hybridized carbons (Fsp3) is 0.250. The number of nitriles is 1. The molecule has 1 aromatic heterocycles. The summed E-state index contributed by atoms with van der Waals surface area (Å²) in [5.41, 5.74) is -1.41. The number of aromatic nitrogens is 1. The van der Waals surface area contributed by atoms with Crippen molar-refractivity contribution in [2.75, 3.05) is 0 Å². The number of hydrogen-bond donors (Lipinski definition) is 0. The lowest BCUT2D eigenvalue weighted by molar-refractivity contribution is 0.144. The second kappa shape index (κ2) is 4.31. The zero-order valence-corrected chi connectivity index (χ0v) is 9.48. The summed E-state index contributed by atoms with van der Waals surface area (Å²) in [6, 6.07) is 2.36. The molecular weight excluding hydrogens is 262 g/mol. The predicted octanol–water partition coefficient (Wildman–Crippen LogP) is 2.13. The van der Waals surface area contributed by atoms with Crippen LogP contribution in [-0.2, 0) is 9.05 Å². The molecule has 0 fully saturated rings. The molecule has 0 aromatic carbocycles. The molecule has 1 aromatic rings. The maximum atomic E-state index is 12.5. The highest BCUT2D eigenvalue weighted by Gasteiger charge is 2.22. The van der Waals surface area contributed by atoms with E-state index in [-0.39, 0.29) is 5.56 Å². The van der Waals surface area contributed by atoms with Crippen molar-refractivity contribution in [3.63, 3.8) is 0 Å². The molecule has 0 aliphatic rings. The van der Waals surface area contributed by atoms with Crippen LogP contribution in [0, 0.1) is 18.3 Å². The number of nitrogens with zero attached hydrogens (tertiary/aromatic N) is 2. The van der Waals surface area contributed by atoms with Gasteiger partial charge in [-0.25, -0.2) is 22.2 Å². The summed E-state index contributed by atoms with van der Waals surface area (Å²) in [6.45, 7) is 1.16. The van der Waals surface area contributed by atoms with E-state index >= 15 is 0 Å². The highest BCUT2D eigenvalue weighted by atomic mass is 35.7. The van der Waals surface area contributed by atoms with Crippen LogP contribution in [0.5, 0.6) is 0 Å². The van der Waals surface area contributed by atoms with E-state index in [1.54, 1.807) is 0 Å². The van der Waals surface area contributed by atoms with Gasteiger partial charge in [0, 0.05) is 10.7 Å².